The second kappa shape index (κ2) is 6.17. The molecule has 0 aliphatic rings. The van der Waals surface area contributed by atoms with E-state index in [9.17, 15) is 4.79 Å². The van der Waals surface area contributed by atoms with Gasteiger partial charge in [0.05, 0.1) is 0 Å². The first kappa shape index (κ1) is 16.4. The van der Waals surface area contributed by atoms with Gasteiger partial charge in [0, 0.05) is 17.9 Å². The third-order valence-corrected chi connectivity index (χ3v) is 2.38. The number of amides is 1. The van der Waals surface area contributed by atoms with Crippen molar-refractivity contribution in [2.24, 2.45) is 5.73 Å². The van der Waals surface area contributed by atoms with Crippen LogP contribution in [-0.4, -0.2) is 27.2 Å². The van der Waals surface area contributed by atoms with Crippen molar-refractivity contribution < 1.29 is 9.53 Å². The average molecular weight is 280 g/mol. The number of rotatable bonds is 4. The second-order valence-electron chi connectivity index (χ2n) is 6.53. The topological polar surface area (TPSA) is 90.1 Å². The molecule has 0 aliphatic heterocycles. The SMILES string of the molecule is CC(C)(N)CCc1cnc(NC(=O)OC(C)(C)C)nc1. The number of carbonyl (C=O) groups is 1. The molecule has 1 aromatic rings. The molecule has 112 valence electrons. The monoisotopic (exact) mass is 280 g/mol. The molecule has 0 bridgehead atoms. The highest BCUT2D eigenvalue weighted by molar-refractivity contribution is 5.82. The molecule has 1 rings (SSSR count). The molecule has 6 nitrogen and oxygen atoms in total. The number of aryl methyl sites for hydroxylation is 1. The number of hydrogen-bond acceptors (Lipinski definition) is 5. The predicted molar refractivity (Wildman–Crippen MR) is 78.5 cm³/mol. The number of nitrogens with two attached hydrogens (primary N) is 1. The molecular weight excluding hydrogens is 256 g/mol. The molecule has 3 N–H and O–H groups in total. The molecular formula is C14H24N4O2. The van der Waals surface area contributed by atoms with Crippen LogP contribution < -0.4 is 11.1 Å². The third kappa shape index (κ3) is 7.04. The summed E-state index contributed by atoms with van der Waals surface area (Å²) in [6.07, 6.45) is 4.45. The lowest BCUT2D eigenvalue weighted by atomic mass is 9.98. The van der Waals surface area contributed by atoms with Gasteiger partial charge < -0.3 is 10.5 Å². The van der Waals surface area contributed by atoms with Crippen LogP contribution in [0.3, 0.4) is 0 Å². The minimum absolute atomic E-state index is 0.215. The molecule has 0 atom stereocenters. The van der Waals surface area contributed by atoms with Crippen LogP contribution in [0.2, 0.25) is 0 Å². The van der Waals surface area contributed by atoms with Crippen molar-refractivity contribution in [2.45, 2.75) is 58.6 Å². The number of aromatic nitrogens is 2. The van der Waals surface area contributed by atoms with Gasteiger partial charge in [0.15, 0.2) is 0 Å². The number of nitrogens with zero attached hydrogens (tertiary/aromatic N) is 2. The van der Waals surface area contributed by atoms with Crippen molar-refractivity contribution in [3.63, 3.8) is 0 Å². The van der Waals surface area contributed by atoms with Crippen LogP contribution in [0.4, 0.5) is 10.7 Å². The highest BCUT2D eigenvalue weighted by Crippen LogP contribution is 2.11. The van der Waals surface area contributed by atoms with Crippen molar-refractivity contribution in [2.75, 3.05) is 5.32 Å². The Kier molecular flexibility index (Phi) is 5.05. The van der Waals surface area contributed by atoms with E-state index in [1.54, 1.807) is 33.2 Å². The second-order valence-corrected chi connectivity index (χ2v) is 6.53. The van der Waals surface area contributed by atoms with Gasteiger partial charge in [-0.05, 0) is 53.0 Å². The van der Waals surface area contributed by atoms with E-state index in [4.69, 9.17) is 10.5 Å². The molecule has 1 aromatic heterocycles. The fourth-order valence-electron chi connectivity index (χ4n) is 1.41. The molecule has 0 aromatic carbocycles. The maximum atomic E-state index is 11.5. The lowest BCUT2D eigenvalue weighted by Crippen LogP contribution is -2.32. The van der Waals surface area contributed by atoms with E-state index in [1.165, 1.54) is 0 Å². The third-order valence-electron chi connectivity index (χ3n) is 2.38. The predicted octanol–water partition coefficient (Wildman–Crippen LogP) is 2.49. The summed E-state index contributed by atoms with van der Waals surface area (Å²) in [5.74, 6) is 0.231. The van der Waals surface area contributed by atoms with Gasteiger partial charge in [0.2, 0.25) is 5.95 Å². The Bertz CT molecular complexity index is 444. The van der Waals surface area contributed by atoms with Crippen molar-refractivity contribution in [3.8, 4) is 0 Å². The van der Waals surface area contributed by atoms with Gasteiger partial charge in [-0.15, -0.1) is 0 Å². The van der Waals surface area contributed by atoms with Crippen LogP contribution in [0.15, 0.2) is 12.4 Å². The van der Waals surface area contributed by atoms with Crippen LogP contribution in [-0.2, 0) is 11.2 Å². The number of carbonyl (C=O) groups excluding carboxylic acids is 1. The average Bonchev–Trinajstić information content (AvgIpc) is 2.24. The van der Waals surface area contributed by atoms with Gasteiger partial charge in [-0.1, -0.05) is 0 Å². The Labute approximate surface area is 120 Å². The van der Waals surface area contributed by atoms with Gasteiger partial charge in [-0.2, -0.15) is 0 Å². The fourth-order valence-corrected chi connectivity index (χ4v) is 1.41. The van der Waals surface area contributed by atoms with Gasteiger partial charge >= 0.3 is 6.09 Å². The molecule has 20 heavy (non-hydrogen) atoms. The van der Waals surface area contributed by atoms with Gasteiger partial charge in [-0.3, -0.25) is 5.32 Å². The highest BCUT2D eigenvalue weighted by Gasteiger charge is 2.17. The Morgan fingerprint density at radius 3 is 2.25 bits per heavy atom. The Morgan fingerprint density at radius 1 is 1.25 bits per heavy atom. The zero-order valence-electron chi connectivity index (χ0n) is 12.9. The lowest BCUT2D eigenvalue weighted by Gasteiger charge is -2.19. The van der Waals surface area contributed by atoms with Gasteiger partial charge in [-0.25, -0.2) is 14.8 Å². The molecule has 0 spiro atoms. The molecule has 1 heterocycles. The number of ether oxygens (including phenoxy) is 1. The van der Waals surface area contributed by atoms with E-state index in [2.05, 4.69) is 15.3 Å². The van der Waals surface area contributed by atoms with Crippen molar-refractivity contribution >= 4 is 12.0 Å². The summed E-state index contributed by atoms with van der Waals surface area (Å²) in [5, 5.41) is 2.49. The Hall–Kier alpha value is -1.69. The summed E-state index contributed by atoms with van der Waals surface area (Å²) in [6.45, 7) is 9.35. The standard InChI is InChI=1S/C14H24N4O2/c1-13(2,3)20-12(19)18-11-16-8-10(9-17-11)6-7-14(4,5)15/h8-9H,6-7,15H2,1-5H3,(H,16,17,18,19). The molecule has 6 heteroatoms. The van der Waals surface area contributed by atoms with Crippen LogP contribution in [0.25, 0.3) is 0 Å². The van der Waals surface area contributed by atoms with Gasteiger partial charge in [0.1, 0.15) is 5.60 Å². The van der Waals surface area contributed by atoms with Crippen LogP contribution in [0.1, 0.15) is 46.6 Å². The van der Waals surface area contributed by atoms with Crippen molar-refractivity contribution in [3.05, 3.63) is 18.0 Å². The molecule has 0 radical (unpaired) electrons. The zero-order valence-corrected chi connectivity index (χ0v) is 12.9. The van der Waals surface area contributed by atoms with Crippen LogP contribution in [0.5, 0.6) is 0 Å². The first-order valence-electron chi connectivity index (χ1n) is 6.65. The van der Waals surface area contributed by atoms with E-state index < -0.39 is 11.7 Å². The zero-order chi connectivity index (χ0) is 15.4. The van der Waals surface area contributed by atoms with E-state index in [-0.39, 0.29) is 11.5 Å². The molecule has 1 amide bonds. The molecule has 0 unspecified atom stereocenters. The Morgan fingerprint density at radius 2 is 1.80 bits per heavy atom. The minimum atomic E-state index is -0.562. The smallest absolute Gasteiger partial charge is 0.414 e. The van der Waals surface area contributed by atoms with E-state index in [0.29, 0.717) is 0 Å². The van der Waals surface area contributed by atoms with Crippen LogP contribution in [0, 0.1) is 0 Å². The maximum Gasteiger partial charge on any atom is 0.414 e. The Balaban J connectivity index is 2.52. The summed E-state index contributed by atoms with van der Waals surface area (Å²) in [7, 11) is 0. The normalized spacial score (nSPS) is 12.1. The summed E-state index contributed by atoms with van der Waals surface area (Å²) in [5.41, 5.74) is 6.15. The van der Waals surface area contributed by atoms with Crippen molar-refractivity contribution in [1.29, 1.82) is 0 Å². The number of nitrogens with one attached hydrogen (secondary N) is 1. The quantitative estimate of drug-likeness (QED) is 0.884. The summed E-state index contributed by atoms with van der Waals surface area (Å²) >= 11 is 0. The molecule has 0 aliphatic carbocycles. The lowest BCUT2D eigenvalue weighted by molar-refractivity contribution is 0.0634. The highest BCUT2D eigenvalue weighted by atomic mass is 16.6. The first-order chi connectivity index (χ1) is 9.05. The minimum Gasteiger partial charge on any atom is -0.444 e. The van der Waals surface area contributed by atoms with E-state index in [1.807, 2.05) is 13.8 Å². The molecule has 0 fully saturated rings. The molecule has 0 saturated heterocycles. The number of hydrogen-bond donors (Lipinski definition) is 2. The summed E-state index contributed by atoms with van der Waals surface area (Å²) in [4.78, 5) is 19.7. The largest absolute Gasteiger partial charge is 0.444 e. The van der Waals surface area contributed by atoms with Gasteiger partial charge in [0.25, 0.3) is 0 Å². The fraction of sp³-hybridized carbons (Fsp3) is 0.643. The van der Waals surface area contributed by atoms with E-state index >= 15 is 0 Å². The summed E-state index contributed by atoms with van der Waals surface area (Å²) < 4.78 is 5.12. The first-order valence-corrected chi connectivity index (χ1v) is 6.65. The van der Waals surface area contributed by atoms with Crippen LogP contribution >= 0.6 is 0 Å². The number of anilines is 1. The molecule has 0 saturated carbocycles. The van der Waals surface area contributed by atoms with Crippen molar-refractivity contribution in [1.82, 2.24) is 9.97 Å². The maximum absolute atomic E-state index is 11.5. The van der Waals surface area contributed by atoms with E-state index in [0.717, 1.165) is 18.4 Å². The summed E-state index contributed by atoms with van der Waals surface area (Å²) in [6, 6.07) is 0.